The van der Waals surface area contributed by atoms with Crippen LogP contribution in [0.3, 0.4) is 0 Å². The topological polar surface area (TPSA) is 26.3 Å². The smallest absolute Gasteiger partial charge is 0.338 e. The van der Waals surface area contributed by atoms with Gasteiger partial charge in [0.2, 0.25) is 0 Å². The maximum absolute atomic E-state index is 12.7. The zero-order chi connectivity index (χ0) is 25.8. The Hall–Kier alpha value is -3.69. The number of rotatable bonds is 6. The van der Waals surface area contributed by atoms with Gasteiger partial charge in [0.25, 0.3) is 0 Å². The minimum Gasteiger partial charge on any atom is -0.456 e. The summed E-state index contributed by atoms with van der Waals surface area (Å²) >= 11 is 0. The fourth-order valence-electron chi connectivity index (χ4n) is 4.59. The van der Waals surface area contributed by atoms with E-state index in [4.69, 9.17) is 4.74 Å². The van der Waals surface area contributed by atoms with Crippen molar-refractivity contribution >= 4 is 30.0 Å². The highest BCUT2D eigenvalue weighted by Gasteiger charge is 2.33. The molecule has 2 nitrogen and oxygen atoms in total. The first-order valence-electron chi connectivity index (χ1n) is 12.4. The first kappa shape index (κ1) is 25.4. The summed E-state index contributed by atoms with van der Waals surface area (Å²) < 4.78 is 5.59. The van der Waals surface area contributed by atoms with Crippen molar-refractivity contribution in [3.63, 3.8) is 0 Å². The van der Waals surface area contributed by atoms with Crippen LogP contribution >= 0.6 is 0 Å². The molecule has 0 aliphatic heterocycles. The molecule has 0 aliphatic rings. The lowest BCUT2D eigenvalue weighted by Gasteiger charge is -2.31. The summed E-state index contributed by atoms with van der Waals surface area (Å²) in [6.07, 6.45) is 0. The molecule has 0 N–H and O–H groups in total. The molecule has 0 aromatic heterocycles. The van der Waals surface area contributed by atoms with Gasteiger partial charge in [-0.1, -0.05) is 121 Å². The standard InChI is InChI=1S/C33H34O2Si/c1-33(2,3)35-32(34)28-23-21-26(22-24-28)30(25-15-9-6-10-16-25)31(27-17-11-7-12-18-27)36(4,5)29-19-13-8-14-20-29/h6-24H,1-5H3/b31-30-. The van der Waals surface area contributed by atoms with Gasteiger partial charge in [0.1, 0.15) is 13.7 Å². The average molecular weight is 491 g/mol. The SMILES string of the molecule is CC(C)(C)OC(=O)c1ccc(/C(=C(/c2ccccc2)[Si](C)(C)c2ccccc2)c2ccccc2)cc1. The fraction of sp³-hybridized carbons (Fsp3) is 0.182. The van der Waals surface area contributed by atoms with Crippen molar-refractivity contribution in [2.24, 2.45) is 0 Å². The zero-order valence-corrected chi connectivity index (χ0v) is 22.8. The van der Waals surface area contributed by atoms with Gasteiger partial charge < -0.3 is 4.74 Å². The first-order chi connectivity index (χ1) is 17.2. The van der Waals surface area contributed by atoms with Crippen molar-refractivity contribution < 1.29 is 9.53 Å². The van der Waals surface area contributed by atoms with E-state index in [2.05, 4.69) is 116 Å². The number of carbonyl (C=O) groups excluding carboxylic acids is 1. The summed E-state index contributed by atoms with van der Waals surface area (Å²) in [6.45, 7) is 10.5. The van der Waals surface area contributed by atoms with Gasteiger partial charge in [0.05, 0.1) is 5.56 Å². The van der Waals surface area contributed by atoms with Crippen LogP contribution in [0.25, 0.3) is 10.8 Å². The predicted molar refractivity (Wildman–Crippen MR) is 154 cm³/mol. The van der Waals surface area contributed by atoms with Gasteiger partial charge >= 0.3 is 5.97 Å². The normalized spacial score (nSPS) is 12.6. The number of esters is 1. The van der Waals surface area contributed by atoms with Crippen molar-refractivity contribution in [2.75, 3.05) is 0 Å². The molecule has 0 spiro atoms. The van der Waals surface area contributed by atoms with E-state index in [0.29, 0.717) is 5.56 Å². The van der Waals surface area contributed by atoms with E-state index >= 15 is 0 Å². The van der Waals surface area contributed by atoms with Gasteiger partial charge in [-0.2, -0.15) is 0 Å². The Morgan fingerprint density at radius 1 is 0.583 bits per heavy atom. The van der Waals surface area contributed by atoms with Gasteiger partial charge in [-0.25, -0.2) is 4.79 Å². The van der Waals surface area contributed by atoms with Gasteiger partial charge in [-0.15, -0.1) is 0 Å². The molecule has 0 saturated carbocycles. The van der Waals surface area contributed by atoms with Crippen LogP contribution in [-0.4, -0.2) is 19.6 Å². The third-order valence-electron chi connectivity index (χ3n) is 6.30. The Bertz CT molecular complexity index is 1330. The Kier molecular flexibility index (Phi) is 7.42. The van der Waals surface area contributed by atoms with Gasteiger partial charge in [-0.3, -0.25) is 0 Å². The quantitative estimate of drug-likeness (QED) is 0.157. The minimum absolute atomic E-state index is 0.304. The number of benzene rings is 4. The van der Waals surface area contributed by atoms with Gasteiger partial charge in [0, 0.05) is 0 Å². The molecule has 4 aromatic carbocycles. The van der Waals surface area contributed by atoms with Crippen LogP contribution in [0.1, 0.15) is 47.8 Å². The van der Waals surface area contributed by atoms with E-state index in [1.165, 1.54) is 21.5 Å². The molecule has 3 heteroatoms. The predicted octanol–water partition coefficient (Wildman–Crippen LogP) is 7.76. The molecule has 0 saturated heterocycles. The lowest BCUT2D eigenvalue weighted by molar-refractivity contribution is 0.00695. The lowest BCUT2D eigenvalue weighted by atomic mass is 9.94. The highest BCUT2D eigenvalue weighted by Crippen LogP contribution is 2.38. The van der Waals surface area contributed by atoms with E-state index in [-0.39, 0.29) is 5.97 Å². The zero-order valence-electron chi connectivity index (χ0n) is 21.8. The molecule has 0 aliphatic carbocycles. The number of ether oxygens (including phenoxy) is 1. The van der Waals surface area contributed by atoms with Crippen LogP contribution in [-0.2, 0) is 4.74 Å². The van der Waals surface area contributed by atoms with E-state index in [0.717, 1.165) is 11.1 Å². The van der Waals surface area contributed by atoms with E-state index in [1.54, 1.807) is 0 Å². The van der Waals surface area contributed by atoms with Crippen LogP contribution in [0.4, 0.5) is 0 Å². The lowest BCUT2D eigenvalue weighted by Crippen LogP contribution is -2.43. The number of hydrogen-bond donors (Lipinski definition) is 0. The second-order valence-corrected chi connectivity index (χ2v) is 14.9. The summed E-state index contributed by atoms with van der Waals surface area (Å²) in [6, 6.07) is 40.0. The number of carbonyl (C=O) groups is 1. The van der Waals surface area contributed by atoms with E-state index < -0.39 is 13.7 Å². The second kappa shape index (κ2) is 10.5. The fourth-order valence-corrected chi connectivity index (χ4v) is 7.71. The van der Waals surface area contributed by atoms with Gasteiger partial charge in [-0.05, 0) is 60.4 Å². The highest BCUT2D eigenvalue weighted by atomic mass is 28.3. The molecule has 0 bridgehead atoms. The number of hydrogen-bond acceptors (Lipinski definition) is 2. The molecular weight excluding hydrogens is 456 g/mol. The van der Waals surface area contributed by atoms with Crippen LogP contribution in [0, 0.1) is 0 Å². The maximum atomic E-state index is 12.7. The molecule has 0 unspecified atom stereocenters. The van der Waals surface area contributed by atoms with Crippen molar-refractivity contribution in [1.82, 2.24) is 0 Å². The molecule has 0 fully saturated rings. The summed E-state index contributed by atoms with van der Waals surface area (Å²) in [7, 11) is -2.16. The molecule has 0 radical (unpaired) electrons. The van der Waals surface area contributed by atoms with Crippen molar-refractivity contribution in [1.29, 1.82) is 0 Å². The molecule has 4 aromatic rings. The molecular formula is C33H34O2Si. The van der Waals surface area contributed by atoms with Crippen molar-refractivity contribution in [3.05, 3.63) is 138 Å². The molecule has 0 atom stereocenters. The third kappa shape index (κ3) is 5.75. The molecule has 0 heterocycles. The first-order valence-corrected chi connectivity index (χ1v) is 15.4. The summed E-state index contributed by atoms with van der Waals surface area (Å²) in [4.78, 5) is 12.7. The van der Waals surface area contributed by atoms with Crippen LogP contribution in [0.2, 0.25) is 13.1 Å². The third-order valence-corrected chi connectivity index (χ3v) is 9.87. The van der Waals surface area contributed by atoms with E-state index in [9.17, 15) is 4.79 Å². The Labute approximate surface area is 216 Å². The maximum Gasteiger partial charge on any atom is 0.338 e. The van der Waals surface area contributed by atoms with Crippen LogP contribution in [0.15, 0.2) is 115 Å². The van der Waals surface area contributed by atoms with Crippen molar-refractivity contribution in [3.8, 4) is 0 Å². The largest absolute Gasteiger partial charge is 0.456 e. The van der Waals surface area contributed by atoms with Gasteiger partial charge in [0.15, 0.2) is 0 Å². The summed E-state index contributed by atoms with van der Waals surface area (Å²) in [5.74, 6) is -0.304. The Morgan fingerprint density at radius 2 is 1.00 bits per heavy atom. The van der Waals surface area contributed by atoms with Crippen LogP contribution in [0.5, 0.6) is 0 Å². The van der Waals surface area contributed by atoms with Crippen LogP contribution < -0.4 is 5.19 Å². The Morgan fingerprint density at radius 3 is 1.50 bits per heavy atom. The average Bonchev–Trinajstić information content (AvgIpc) is 2.88. The Balaban J connectivity index is 1.97. The highest BCUT2D eigenvalue weighted by molar-refractivity contribution is 7.05. The molecule has 4 rings (SSSR count). The molecule has 182 valence electrons. The second-order valence-electron chi connectivity index (χ2n) is 10.6. The molecule has 0 amide bonds. The molecule has 36 heavy (non-hydrogen) atoms. The minimum atomic E-state index is -2.16. The summed E-state index contributed by atoms with van der Waals surface area (Å²) in [5, 5.41) is 2.74. The monoisotopic (exact) mass is 490 g/mol. The summed E-state index contributed by atoms with van der Waals surface area (Å²) in [5.41, 5.74) is 4.71. The van der Waals surface area contributed by atoms with Crippen molar-refractivity contribution in [2.45, 2.75) is 39.5 Å². The van der Waals surface area contributed by atoms with E-state index in [1.807, 2.05) is 32.9 Å².